The van der Waals surface area contributed by atoms with Gasteiger partial charge in [-0.15, -0.1) is 0 Å². The summed E-state index contributed by atoms with van der Waals surface area (Å²) in [7, 11) is 2.28. The normalized spacial score (nSPS) is 34.5. The molecule has 4 heteroatoms. The van der Waals surface area contributed by atoms with E-state index in [1.54, 1.807) is 0 Å². The van der Waals surface area contributed by atoms with E-state index in [4.69, 9.17) is 0 Å². The van der Waals surface area contributed by atoms with Crippen molar-refractivity contribution in [3.8, 4) is 0 Å². The Kier molecular flexibility index (Phi) is 4.08. The van der Waals surface area contributed by atoms with E-state index in [1.165, 1.54) is 38.5 Å². The Morgan fingerprint density at radius 1 is 1.11 bits per heavy atom. The molecule has 19 heavy (non-hydrogen) atoms. The van der Waals surface area contributed by atoms with Crippen LogP contribution in [-0.4, -0.2) is 48.6 Å². The number of hydrogen-bond acceptors (Lipinski definition) is 3. The first-order valence-corrected chi connectivity index (χ1v) is 7.97. The maximum atomic E-state index is 11.6. The Morgan fingerprint density at radius 2 is 1.79 bits per heavy atom. The minimum absolute atomic E-state index is 0.243. The monoisotopic (exact) mass is 265 g/mol. The quantitative estimate of drug-likeness (QED) is 0.711. The molecule has 0 aromatic carbocycles. The molecule has 2 N–H and O–H groups in total. The molecule has 0 aromatic rings. The highest BCUT2D eigenvalue weighted by Crippen LogP contribution is 2.34. The fourth-order valence-electron chi connectivity index (χ4n) is 3.66. The molecule has 0 aromatic heterocycles. The number of fused-ring (bicyclic) bond motifs is 2. The summed E-state index contributed by atoms with van der Waals surface area (Å²) >= 11 is 0. The van der Waals surface area contributed by atoms with Gasteiger partial charge in [0.05, 0.1) is 0 Å². The van der Waals surface area contributed by atoms with Crippen LogP contribution in [0.25, 0.3) is 0 Å². The van der Waals surface area contributed by atoms with Crippen LogP contribution in [0.4, 0.5) is 0 Å². The van der Waals surface area contributed by atoms with E-state index in [2.05, 4.69) is 22.6 Å². The summed E-state index contributed by atoms with van der Waals surface area (Å²) in [5, 5.41) is 6.71. The minimum Gasteiger partial charge on any atom is -0.353 e. The van der Waals surface area contributed by atoms with Gasteiger partial charge in [0.25, 0.3) is 0 Å². The van der Waals surface area contributed by atoms with Crippen LogP contribution in [0.5, 0.6) is 0 Å². The Bertz CT molecular complexity index is 315. The SMILES string of the molecule is CN1C2CCC1CC(NCCCC(=O)NC1CC1)C2. The van der Waals surface area contributed by atoms with Gasteiger partial charge in [-0.1, -0.05) is 0 Å². The molecule has 2 atom stereocenters. The van der Waals surface area contributed by atoms with Crippen LogP contribution >= 0.6 is 0 Å². The molecular weight excluding hydrogens is 238 g/mol. The number of piperidine rings is 1. The van der Waals surface area contributed by atoms with Crippen molar-refractivity contribution in [1.82, 2.24) is 15.5 Å². The van der Waals surface area contributed by atoms with Crippen molar-refractivity contribution < 1.29 is 4.79 Å². The van der Waals surface area contributed by atoms with Crippen molar-refractivity contribution >= 4 is 5.91 Å². The van der Waals surface area contributed by atoms with Gasteiger partial charge in [0, 0.05) is 30.6 Å². The van der Waals surface area contributed by atoms with E-state index in [0.29, 0.717) is 18.5 Å². The summed E-state index contributed by atoms with van der Waals surface area (Å²) in [6, 6.07) is 2.79. The predicted molar refractivity (Wildman–Crippen MR) is 76.0 cm³/mol. The first kappa shape index (κ1) is 13.4. The highest BCUT2D eigenvalue weighted by Gasteiger charge is 2.37. The number of nitrogens with zero attached hydrogens (tertiary/aromatic N) is 1. The van der Waals surface area contributed by atoms with Crippen molar-refractivity contribution in [2.75, 3.05) is 13.6 Å². The number of carbonyl (C=O) groups excluding carboxylic acids is 1. The van der Waals surface area contributed by atoms with E-state index < -0.39 is 0 Å². The molecule has 3 rings (SSSR count). The van der Waals surface area contributed by atoms with Crippen LogP contribution in [-0.2, 0) is 4.79 Å². The van der Waals surface area contributed by atoms with Crippen molar-refractivity contribution in [3.63, 3.8) is 0 Å². The van der Waals surface area contributed by atoms with E-state index >= 15 is 0 Å². The Balaban J connectivity index is 1.29. The summed E-state index contributed by atoms with van der Waals surface area (Å²) in [5.74, 6) is 0.243. The lowest BCUT2D eigenvalue weighted by atomic mass is 9.98. The van der Waals surface area contributed by atoms with Gasteiger partial charge < -0.3 is 15.5 Å². The molecule has 1 aliphatic carbocycles. The van der Waals surface area contributed by atoms with Crippen LogP contribution in [0.3, 0.4) is 0 Å². The fraction of sp³-hybridized carbons (Fsp3) is 0.933. The van der Waals surface area contributed by atoms with Gasteiger partial charge in [-0.05, 0) is 58.5 Å². The molecule has 3 aliphatic rings. The van der Waals surface area contributed by atoms with Crippen LogP contribution in [0, 0.1) is 0 Å². The van der Waals surface area contributed by atoms with Crippen molar-refractivity contribution in [1.29, 1.82) is 0 Å². The number of carbonyl (C=O) groups is 1. The topological polar surface area (TPSA) is 44.4 Å². The fourth-order valence-corrected chi connectivity index (χ4v) is 3.66. The molecule has 3 fully saturated rings. The minimum atomic E-state index is 0.243. The molecule has 1 amide bonds. The molecule has 4 nitrogen and oxygen atoms in total. The molecule has 1 saturated carbocycles. The second kappa shape index (κ2) is 5.80. The smallest absolute Gasteiger partial charge is 0.220 e. The van der Waals surface area contributed by atoms with E-state index in [9.17, 15) is 4.79 Å². The van der Waals surface area contributed by atoms with Gasteiger partial charge in [-0.25, -0.2) is 0 Å². The van der Waals surface area contributed by atoms with E-state index in [-0.39, 0.29) is 5.91 Å². The zero-order valence-corrected chi connectivity index (χ0v) is 12.0. The number of hydrogen-bond donors (Lipinski definition) is 2. The number of nitrogens with one attached hydrogen (secondary N) is 2. The molecule has 2 saturated heterocycles. The molecule has 2 heterocycles. The second-order valence-electron chi connectivity index (χ2n) is 6.62. The number of amides is 1. The predicted octanol–water partition coefficient (Wildman–Crippen LogP) is 1.26. The Labute approximate surface area is 116 Å². The van der Waals surface area contributed by atoms with E-state index in [1.807, 2.05) is 0 Å². The zero-order chi connectivity index (χ0) is 13.2. The van der Waals surface area contributed by atoms with Crippen LogP contribution in [0.15, 0.2) is 0 Å². The summed E-state index contributed by atoms with van der Waals surface area (Å²) in [6.45, 7) is 0.992. The second-order valence-corrected chi connectivity index (χ2v) is 6.62. The number of rotatable bonds is 6. The largest absolute Gasteiger partial charge is 0.353 e. The summed E-state index contributed by atoms with van der Waals surface area (Å²) in [5.41, 5.74) is 0. The van der Waals surface area contributed by atoms with Crippen LogP contribution in [0.2, 0.25) is 0 Å². The maximum absolute atomic E-state index is 11.6. The van der Waals surface area contributed by atoms with E-state index in [0.717, 1.165) is 25.0 Å². The van der Waals surface area contributed by atoms with Gasteiger partial charge in [-0.3, -0.25) is 4.79 Å². The third-order valence-corrected chi connectivity index (χ3v) is 5.05. The van der Waals surface area contributed by atoms with Gasteiger partial charge in [-0.2, -0.15) is 0 Å². The zero-order valence-electron chi connectivity index (χ0n) is 12.0. The first-order valence-electron chi connectivity index (χ1n) is 7.97. The summed E-state index contributed by atoms with van der Waals surface area (Å²) < 4.78 is 0. The molecule has 108 valence electrons. The van der Waals surface area contributed by atoms with Crippen molar-refractivity contribution in [3.05, 3.63) is 0 Å². The Morgan fingerprint density at radius 3 is 2.42 bits per heavy atom. The molecule has 2 bridgehead atoms. The summed E-state index contributed by atoms with van der Waals surface area (Å²) in [6.07, 6.45) is 9.36. The van der Waals surface area contributed by atoms with Crippen molar-refractivity contribution in [2.24, 2.45) is 0 Å². The molecule has 0 radical (unpaired) electrons. The van der Waals surface area contributed by atoms with Gasteiger partial charge in [0.2, 0.25) is 5.91 Å². The van der Waals surface area contributed by atoms with Gasteiger partial charge in [0.15, 0.2) is 0 Å². The maximum Gasteiger partial charge on any atom is 0.220 e. The molecule has 2 unspecified atom stereocenters. The molecule has 0 spiro atoms. The van der Waals surface area contributed by atoms with Gasteiger partial charge >= 0.3 is 0 Å². The lowest BCUT2D eigenvalue weighted by Crippen LogP contribution is -2.47. The standard InChI is InChI=1S/C15H27N3O/c1-18-13-6-7-14(18)10-12(9-13)16-8-2-3-15(19)17-11-4-5-11/h11-14,16H,2-10H2,1H3,(H,17,19). The average molecular weight is 265 g/mol. The average Bonchev–Trinajstić information content (AvgIpc) is 3.16. The Hall–Kier alpha value is -0.610. The lowest BCUT2D eigenvalue weighted by Gasteiger charge is -2.36. The van der Waals surface area contributed by atoms with Crippen LogP contribution in [0.1, 0.15) is 51.4 Å². The third-order valence-electron chi connectivity index (χ3n) is 5.05. The molecular formula is C15H27N3O. The summed E-state index contributed by atoms with van der Waals surface area (Å²) in [4.78, 5) is 14.1. The highest BCUT2D eigenvalue weighted by atomic mass is 16.1. The highest BCUT2D eigenvalue weighted by molar-refractivity contribution is 5.76. The van der Waals surface area contributed by atoms with Crippen molar-refractivity contribution in [2.45, 2.75) is 75.5 Å². The third kappa shape index (κ3) is 3.48. The van der Waals surface area contributed by atoms with Crippen LogP contribution < -0.4 is 10.6 Å². The van der Waals surface area contributed by atoms with Gasteiger partial charge in [0.1, 0.15) is 0 Å². The molecule has 2 aliphatic heterocycles. The first-order chi connectivity index (χ1) is 9.22. The lowest BCUT2D eigenvalue weighted by molar-refractivity contribution is -0.121.